The van der Waals surface area contributed by atoms with Gasteiger partial charge in [0.15, 0.2) is 0 Å². The van der Waals surface area contributed by atoms with Crippen molar-refractivity contribution in [3.8, 4) is 0 Å². The van der Waals surface area contributed by atoms with Crippen LogP contribution in [-0.2, 0) is 14.3 Å². The van der Waals surface area contributed by atoms with Crippen molar-refractivity contribution < 1.29 is 19.4 Å². The van der Waals surface area contributed by atoms with Crippen LogP contribution in [0.5, 0.6) is 0 Å². The average Bonchev–Trinajstić information content (AvgIpc) is 2.39. The van der Waals surface area contributed by atoms with Crippen LogP contribution in [0.2, 0.25) is 0 Å². The molecule has 0 aromatic heterocycles. The first kappa shape index (κ1) is 13.8. The smallest absolute Gasteiger partial charge is 0.251 e. The number of amides is 1. The van der Waals surface area contributed by atoms with Crippen LogP contribution in [0.15, 0.2) is 0 Å². The third kappa shape index (κ3) is 3.43. The molecule has 2 heterocycles. The third-order valence-electron chi connectivity index (χ3n) is 3.79. The number of nitrogens with zero attached hydrogens (tertiary/aromatic N) is 1. The summed E-state index contributed by atoms with van der Waals surface area (Å²) in [5.41, 5.74) is -0.794. The Morgan fingerprint density at radius 1 is 1.33 bits per heavy atom. The molecule has 0 aliphatic carbocycles. The Kier molecular flexibility index (Phi) is 4.59. The van der Waals surface area contributed by atoms with E-state index in [-0.39, 0.29) is 12.0 Å². The van der Waals surface area contributed by atoms with Crippen LogP contribution in [0.1, 0.15) is 32.1 Å². The molecule has 2 fully saturated rings. The second kappa shape index (κ2) is 5.99. The van der Waals surface area contributed by atoms with Crippen molar-refractivity contribution in [3.05, 3.63) is 0 Å². The fourth-order valence-electron chi connectivity index (χ4n) is 2.61. The molecule has 0 bridgehead atoms. The molecule has 5 heteroatoms. The van der Waals surface area contributed by atoms with Gasteiger partial charge in [0.2, 0.25) is 0 Å². The van der Waals surface area contributed by atoms with Gasteiger partial charge >= 0.3 is 0 Å². The van der Waals surface area contributed by atoms with Crippen LogP contribution in [0.3, 0.4) is 0 Å². The van der Waals surface area contributed by atoms with Crippen molar-refractivity contribution in [3.63, 3.8) is 0 Å². The van der Waals surface area contributed by atoms with Gasteiger partial charge in [0, 0.05) is 46.3 Å². The van der Waals surface area contributed by atoms with E-state index < -0.39 is 5.60 Å². The van der Waals surface area contributed by atoms with E-state index in [9.17, 15) is 9.90 Å². The third-order valence-corrected chi connectivity index (χ3v) is 3.79. The molecule has 1 amide bonds. The Morgan fingerprint density at radius 2 is 2.06 bits per heavy atom. The molecule has 5 nitrogen and oxygen atoms in total. The fraction of sp³-hybridized carbons (Fsp3) is 0.923. The minimum atomic E-state index is -0.794. The number of carbonyl (C=O) groups is 1. The van der Waals surface area contributed by atoms with Crippen molar-refractivity contribution in [1.82, 2.24) is 4.90 Å². The Bertz CT molecular complexity index is 283. The summed E-state index contributed by atoms with van der Waals surface area (Å²) in [6.07, 6.45) is 3.75. The topological polar surface area (TPSA) is 59.0 Å². The van der Waals surface area contributed by atoms with Crippen molar-refractivity contribution in [1.29, 1.82) is 0 Å². The second-order valence-corrected chi connectivity index (χ2v) is 5.39. The van der Waals surface area contributed by atoms with Gasteiger partial charge in [-0.25, -0.2) is 0 Å². The molecule has 2 rings (SSSR count). The quantitative estimate of drug-likeness (QED) is 0.802. The zero-order chi connectivity index (χ0) is 13.0. The number of aliphatic hydroxyl groups is 1. The Hall–Kier alpha value is -0.650. The van der Waals surface area contributed by atoms with Gasteiger partial charge in [0.25, 0.3) is 5.91 Å². The zero-order valence-corrected chi connectivity index (χ0v) is 11.1. The number of likely N-dealkylation sites (N-methyl/N-ethyl adjacent to an activating group) is 1. The lowest BCUT2D eigenvalue weighted by Crippen LogP contribution is -2.50. The van der Waals surface area contributed by atoms with Gasteiger partial charge in [-0.3, -0.25) is 4.79 Å². The van der Waals surface area contributed by atoms with Crippen LogP contribution < -0.4 is 0 Å². The van der Waals surface area contributed by atoms with Crippen LogP contribution in [0.4, 0.5) is 0 Å². The number of hydrogen-bond acceptors (Lipinski definition) is 4. The van der Waals surface area contributed by atoms with E-state index in [0.717, 1.165) is 19.3 Å². The van der Waals surface area contributed by atoms with E-state index in [4.69, 9.17) is 9.47 Å². The van der Waals surface area contributed by atoms with Crippen LogP contribution in [0, 0.1) is 0 Å². The Morgan fingerprint density at radius 3 is 2.67 bits per heavy atom. The van der Waals surface area contributed by atoms with E-state index >= 15 is 0 Å². The summed E-state index contributed by atoms with van der Waals surface area (Å²) in [5, 5.41) is 10.4. The van der Waals surface area contributed by atoms with E-state index in [1.54, 1.807) is 11.9 Å². The monoisotopic (exact) mass is 257 g/mol. The molecule has 2 saturated heterocycles. The number of rotatable bonds is 3. The first-order valence-corrected chi connectivity index (χ1v) is 6.77. The molecule has 0 radical (unpaired) electrons. The highest BCUT2D eigenvalue weighted by molar-refractivity contribution is 5.80. The maximum Gasteiger partial charge on any atom is 0.251 e. The van der Waals surface area contributed by atoms with Crippen LogP contribution in [0.25, 0.3) is 0 Å². The molecule has 2 aliphatic heterocycles. The number of hydrogen-bond donors (Lipinski definition) is 1. The molecule has 1 unspecified atom stereocenters. The average molecular weight is 257 g/mol. The predicted molar refractivity (Wildman–Crippen MR) is 66.2 cm³/mol. The molecule has 1 atom stereocenters. The van der Waals surface area contributed by atoms with E-state index in [1.807, 2.05) is 0 Å². The molecule has 1 N–H and O–H groups in total. The largest absolute Gasteiger partial charge is 0.388 e. The van der Waals surface area contributed by atoms with Gasteiger partial charge in [0.05, 0.1) is 5.60 Å². The van der Waals surface area contributed by atoms with Gasteiger partial charge in [-0.05, 0) is 19.3 Å². The maximum absolute atomic E-state index is 12.2. The first-order valence-electron chi connectivity index (χ1n) is 6.77. The van der Waals surface area contributed by atoms with E-state index in [2.05, 4.69) is 0 Å². The second-order valence-electron chi connectivity index (χ2n) is 5.39. The fourth-order valence-corrected chi connectivity index (χ4v) is 2.61. The summed E-state index contributed by atoms with van der Waals surface area (Å²) >= 11 is 0. The normalized spacial score (nSPS) is 27.8. The van der Waals surface area contributed by atoms with Gasteiger partial charge in [-0.1, -0.05) is 0 Å². The molecule has 18 heavy (non-hydrogen) atoms. The molecule has 2 aliphatic rings. The molecular weight excluding hydrogens is 234 g/mol. The minimum absolute atomic E-state index is 0.00498. The summed E-state index contributed by atoms with van der Waals surface area (Å²) in [4.78, 5) is 13.8. The summed E-state index contributed by atoms with van der Waals surface area (Å²) < 4.78 is 10.7. The molecular formula is C13H23NO4. The van der Waals surface area contributed by atoms with Crippen molar-refractivity contribution in [2.24, 2.45) is 0 Å². The molecule has 0 spiro atoms. The lowest BCUT2D eigenvalue weighted by molar-refractivity contribution is -0.151. The first-order chi connectivity index (χ1) is 8.61. The lowest BCUT2D eigenvalue weighted by atomic mass is 9.93. The molecule has 0 aromatic rings. The Labute approximate surface area is 108 Å². The highest BCUT2D eigenvalue weighted by Gasteiger charge is 2.34. The van der Waals surface area contributed by atoms with E-state index in [1.165, 1.54) is 0 Å². The summed E-state index contributed by atoms with van der Waals surface area (Å²) in [6.45, 7) is 2.17. The van der Waals surface area contributed by atoms with Gasteiger partial charge in [-0.2, -0.15) is 0 Å². The predicted octanol–water partition coefficient (Wildman–Crippen LogP) is 0.555. The summed E-state index contributed by atoms with van der Waals surface area (Å²) in [7, 11) is 1.74. The van der Waals surface area contributed by atoms with Gasteiger partial charge in [0.1, 0.15) is 6.10 Å². The van der Waals surface area contributed by atoms with Crippen LogP contribution in [-0.4, -0.2) is 61.0 Å². The SMILES string of the molecule is CN(CC1(O)CCOCC1)C(=O)C1CCCCO1. The Balaban J connectivity index is 1.85. The summed E-state index contributed by atoms with van der Waals surface area (Å²) in [6, 6.07) is 0. The van der Waals surface area contributed by atoms with Crippen molar-refractivity contribution in [2.75, 3.05) is 33.4 Å². The van der Waals surface area contributed by atoms with Gasteiger partial charge < -0.3 is 19.5 Å². The van der Waals surface area contributed by atoms with Crippen molar-refractivity contribution >= 4 is 5.91 Å². The molecule has 0 aromatic carbocycles. The highest BCUT2D eigenvalue weighted by atomic mass is 16.5. The van der Waals surface area contributed by atoms with Crippen molar-refractivity contribution in [2.45, 2.75) is 43.8 Å². The summed E-state index contributed by atoms with van der Waals surface area (Å²) in [5.74, 6) is -0.00498. The maximum atomic E-state index is 12.2. The lowest BCUT2D eigenvalue weighted by Gasteiger charge is -2.36. The van der Waals surface area contributed by atoms with Gasteiger partial charge in [-0.15, -0.1) is 0 Å². The zero-order valence-electron chi connectivity index (χ0n) is 11.1. The number of carbonyl (C=O) groups excluding carboxylic acids is 1. The van der Waals surface area contributed by atoms with Crippen LogP contribution >= 0.6 is 0 Å². The van der Waals surface area contributed by atoms with E-state index in [0.29, 0.717) is 39.2 Å². The molecule has 104 valence electrons. The number of ether oxygens (including phenoxy) is 2. The molecule has 0 saturated carbocycles. The standard InChI is InChI=1S/C13H23NO4/c1-14(10-13(16)5-8-17-9-6-13)12(15)11-4-2-3-7-18-11/h11,16H,2-10H2,1H3. The highest BCUT2D eigenvalue weighted by Crippen LogP contribution is 2.22. The minimum Gasteiger partial charge on any atom is -0.388 e.